The molecule has 0 aliphatic carbocycles. The third-order valence-corrected chi connectivity index (χ3v) is 2.82. The van der Waals surface area contributed by atoms with Gasteiger partial charge in [0.05, 0.1) is 7.11 Å². The largest absolute Gasteiger partial charge is 0.494 e. The number of rotatable bonds is 4. The molecule has 0 aliphatic rings. The fourth-order valence-electron chi connectivity index (χ4n) is 1.47. The zero-order chi connectivity index (χ0) is 11.4. The van der Waals surface area contributed by atoms with Crippen molar-refractivity contribution in [3.8, 4) is 5.75 Å². The van der Waals surface area contributed by atoms with E-state index in [1.165, 1.54) is 13.2 Å². The van der Waals surface area contributed by atoms with Gasteiger partial charge >= 0.3 is 0 Å². The smallest absolute Gasteiger partial charge is 0.165 e. The molecule has 16 heavy (non-hydrogen) atoms. The lowest BCUT2D eigenvalue weighted by molar-refractivity contribution is 0.384. The average molecular weight is 248 g/mol. The Labute approximate surface area is 102 Å². The van der Waals surface area contributed by atoms with Crippen molar-refractivity contribution in [3.63, 3.8) is 0 Å². The summed E-state index contributed by atoms with van der Waals surface area (Å²) in [4.78, 5) is 0. The summed E-state index contributed by atoms with van der Waals surface area (Å²) >= 11 is 0. The molecule has 1 aromatic rings. The van der Waals surface area contributed by atoms with Crippen molar-refractivity contribution < 1.29 is 9.13 Å². The van der Waals surface area contributed by atoms with E-state index in [4.69, 9.17) is 10.5 Å². The molecule has 2 atom stereocenters. The molecule has 1 aromatic carbocycles. The third kappa shape index (κ3) is 3.35. The van der Waals surface area contributed by atoms with E-state index in [1.807, 2.05) is 6.07 Å². The van der Waals surface area contributed by atoms with Crippen LogP contribution in [0.25, 0.3) is 0 Å². The summed E-state index contributed by atoms with van der Waals surface area (Å²) in [5.41, 5.74) is 6.82. The highest BCUT2D eigenvalue weighted by Crippen LogP contribution is 2.25. The molecule has 92 valence electrons. The first-order chi connectivity index (χ1) is 7.10. The van der Waals surface area contributed by atoms with Crippen molar-refractivity contribution in [3.05, 3.63) is 29.6 Å². The minimum Gasteiger partial charge on any atom is -0.494 e. The van der Waals surface area contributed by atoms with Gasteiger partial charge in [-0.1, -0.05) is 26.3 Å². The number of nitrogens with two attached hydrogens (primary N) is 1. The van der Waals surface area contributed by atoms with Gasteiger partial charge in [0, 0.05) is 6.04 Å². The molecule has 0 heterocycles. The summed E-state index contributed by atoms with van der Waals surface area (Å²) < 4.78 is 18.2. The van der Waals surface area contributed by atoms with Crippen LogP contribution in [0.5, 0.6) is 5.75 Å². The second-order valence-electron chi connectivity index (χ2n) is 3.81. The molecule has 0 radical (unpaired) electrons. The molecule has 0 spiro atoms. The van der Waals surface area contributed by atoms with E-state index < -0.39 is 0 Å². The van der Waals surface area contributed by atoms with E-state index in [2.05, 4.69) is 13.8 Å². The van der Waals surface area contributed by atoms with Crippen LogP contribution < -0.4 is 10.5 Å². The molecule has 2 nitrogen and oxygen atoms in total. The van der Waals surface area contributed by atoms with Crippen LogP contribution in [0.3, 0.4) is 0 Å². The maximum atomic E-state index is 13.4. The van der Waals surface area contributed by atoms with E-state index in [1.54, 1.807) is 6.07 Å². The Kier molecular flexibility index (Phi) is 6.38. The van der Waals surface area contributed by atoms with Crippen LogP contribution in [-0.2, 0) is 0 Å². The standard InChI is InChI=1S/C12H18FNO.ClH/c1-4-8(2)12(14)9-5-6-11(15-3)10(13)7-9;/h5-8,12H,4,14H2,1-3H3;1H/t8?,12-;/m0./s1. The predicted octanol–water partition coefficient (Wildman–Crippen LogP) is 3.30. The van der Waals surface area contributed by atoms with Crippen LogP contribution in [0.4, 0.5) is 4.39 Å². The van der Waals surface area contributed by atoms with Gasteiger partial charge in [-0.15, -0.1) is 12.4 Å². The molecular weight excluding hydrogens is 229 g/mol. The second-order valence-corrected chi connectivity index (χ2v) is 3.81. The summed E-state index contributed by atoms with van der Waals surface area (Å²) in [5, 5.41) is 0. The van der Waals surface area contributed by atoms with Gasteiger partial charge in [-0.25, -0.2) is 4.39 Å². The zero-order valence-corrected chi connectivity index (χ0v) is 10.7. The molecular formula is C12H19ClFNO. The lowest BCUT2D eigenvalue weighted by Crippen LogP contribution is -2.18. The first-order valence-electron chi connectivity index (χ1n) is 5.19. The maximum Gasteiger partial charge on any atom is 0.165 e. The van der Waals surface area contributed by atoms with Gasteiger partial charge in [0.15, 0.2) is 11.6 Å². The van der Waals surface area contributed by atoms with Crippen LogP contribution in [-0.4, -0.2) is 7.11 Å². The summed E-state index contributed by atoms with van der Waals surface area (Å²) in [6, 6.07) is 4.77. The minimum absolute atomic E-state index is 0. The summed E-state index contributed by atoms with van der Waals surface area (Å²) in [5.74, 6) is 0.252. The number of benzene rings is 1. The van der Waals surface area contributed by atoms with Gasteiger partial charge in [-0.3, -0.25) is 0 Å². The Bertz CT molecular complexity index is 333. The molecule has 0 aromatic heterocycles. The Morgan fingerprint density at radius 3 is 2.50 bits per heavy atom. The number of hydrogen-bond acceptors (Lipinski definition) is 2. The van der Waals surface area contributed by atoms with Gasteiger partial charge < -0.3 is 10.5 Å². The molecule has 0 saturated heterocycles. The van der Waals surface area contributed by atoms with Crippen LogP contribution in [0.2, 0.25) is 0 Å². The van der Waals surface area contributed by atoms with Crippen LogP contribution in [0.1, 0.15) is 31.9 Å². The first-order valence-corrected chi connectivity index (χ1v) is 5.19. The van der Waals surface area contributed by atoms with E-state index in [-0.39, 0.29) is 30.0 Å². The molecule has 0 aliphatic heterocycles. The molecule has 0 bridgehead atoms. The maximum absolute atomic E-state index is 13.4. The molecule has 0 fully saturated rings. The number of hydrogen-bond donors (Lipinski definition) is 1. The fourth-order valence-corrected chi connectivity index (χ4v) is 1.47. The monoisotopic (exact) mass is 247 g/mol. The SMILES string of the molecule is CCC(C)[C@H](N)c1ccc(OC)c(F)c1.Cl. The average Bonchev–Trinajstić information content (AvgIpc) is 2.26. The Hall–Kier alpha value is -0.800. The highest BCUT2D eigenvalue weighted by molar-refractivity contribution is 5.85. The fraction of sp³-hybridized carbons (Fsp3) is 0.500. The van der Waals surface area contributed by atoms with E-state index in [0.29, 0.717) is 5.92 Å². The topological polar surface area (TPSA) is 35.2 Å². The van der Waals surface area contributed by atoms with Crippen LogP contribution in [0.15, 0.2) is 18.2 Å². The Balaban J connectivity index is 0.00000225. The van der Waals surface area contributed by atoms with Crippen LogP contribution >= 0.6 is 12.4 Å². The highest BCUT2D eigenvalue weighted by Gasteiger charge is 2.14. The quantitative estimate of drug-likeness (QED) is 0.886. The lowest BCUT2D eigenvalue weighted by Gasteiger charge is -2.19. The van der Waals surface area contributed by atoms with Crippen molar-refractivity contribution in [2.75, 3.05) is 7.11 Å². The zero-order valence-electron chi connectivity index (χ0n) is 9.87. The number of halogens is 2. The normalized spacial score (nSPS) is 13.8. The summed E-state index contributed by atoms with van der Waals surface area (Å²) in [7, 11) is 1.45. The van der Waals surface area contributed by atoms with Crippen molar-refractivity contribution in [2.45, 2.75) is 26.3 Å². The second kappa shape index (κ2) is 6.71. The Morgan fingerprint density at radius 1 is 1.44 bits per heavy atom. The van der Waals surface area contributed by atoms with E-state index >= 15 is 0 Å². The molecule has 0 saturated carbocycles. The summed E-state index contributed by atoms with van der Waals surface area (Å²) in [6.07, 6.45) is 0.981. The van der Waals surface area contributed by atoms with Crippen molar-refractivity contribution in [2.24, 2.45) is 11.7 Å². The van der Waals surface area contributed by atoms with Crippen molar-refractivity contribution in [1.29, 1.82) is 0 Å². The highest BCUT2D eigenvalue weighted by atomic mass is 35.5. The molecule has 2 N–H and O–H groups in total. The third-order valence-electron chi connectivity index (χ3n) is 2.82. The number of methoxy groups -OCH3 is 1. The summed E-state index contributed by atoms with van der Waals surface area (Å²) in [6.45, 7) is 4.14. The van der Waals surface area contributed by atoms with Gasteiger partial charge in [0.1, 0.15) is 0 Å². The van der Waals surface area contributed by atoms with Crippen LogP contribution in [0, 0.1) is 11.7 Å². The first kappa shape index (κ1) is 15.2. The molecule has 4 heteroatoms. The minimum atomic E-state index is -0.353. The molecule has 1 unspecified atom stereocenters. The van der Waals surface area contributed by atoms with Crippen molar-refractivity contribution in [1.82, 2.24) is 0 Å². The van der Waals surface area contributed by atoms with Gasteiger partial charge in [0.2, 0.25) is 0 Å². The molecule has 1 rings (SSSR count). The van der Waals surface area contributed by atoms with E-state index in [0.717, 1.165) is 12.0 Å². The van der Waals surface area contributed by atoms with Crippen molar-refractivity contribution >= 4 is 12.4 Å². The Morgan fingerprint density at radius 2 is 2.06 bits per heavy atom. The van der Waals surface area contributed by atoms with Gasteiger partial charge in [-0.05, 0) is 23.6 Å². The lowest BCUT2D eigenvalue weighted by atomic mass is 9.93. The number of ether oxygens (including phenoxy) is 1. The van der Waals surface area contributed by atoms with Gasteiger partial charge in [-0.2, -0.15) is 0 Å². The van der Waals surface area contributed by atoms with Gasteiger partial charge in [0.25, 0.3) is 0 Å². The molecule has 0 amide bonds. The van der Waals surface area contributed by atoms with E-state index in [9.17, 15) is 4.39 Å². The predicted molar refractivity (Wildman–Crippen MR) is 66.6 cm³/mol.